The predicted molar refractivity (Wildman–Crippen MR) is 122 cm³/mol. The molecule has 0 radical (unpaired) electrons. The number of carbonyl (C=O) groups excluding carboxylic acids is 1. The minimum atomic E-state index is -4.28. The number of furan rings is 1. The highest BCUT2D eigenvalue weighted by Gasteiger charge is 2.26. The van der Waals surface area contributed by atoms with E-state index in [0.717, 1.165) is 37.8 Å². The zero-order chi connectivity index (χ0) is 24.1. The summed E-state index contributed by atoms with van der Waals surface area (Å²) in [6.45, 7) is 2.24. The average molecular weight is 486 g/mol. The van der Waals surface area contributed by atoms with Crippen LogP contribution in [0.15, 0.2) is 76.2 Å². The number of likely N-dealkylation sites (tertiary alicyclic amines) is 1. The van der Waals surface area contributed by atoms with Gasteiger partial charge in [0.05, 0.1) is 17.2 Å². The van der Waals surface area contributed by atoms with Crippen LogP contribution < -0.4 is 9.50 Å². The average Bonchev–Trinajstić information content (AvgIpc) is 3.55. The summed E-state index contributed by atoms with van der Waals surface area (Å²) in [4.78, 5) is 24.8. The summed E-state index contributed by atoms with van der Waals surface area (Å²) in [6.07, 6.45) is 3.82. The minimum Gasteiger partial charge on any atom is -0.468 e. The molecule has 0 unspecified atom stereocenters. The van der Waals surface area contributed by atoms with Crippen LogP contribution in [0.5, 0.6) is 5.75 Å². The molecule has 1 saturated heterocycles. The zero-order valence-electron chi connectivity index (χ0n) is 18.1. The maximum Gasteiger partial charge on any atom is 0.339 e. The number of carbonyl (C=O) groups is 1. The van der Waals surface area contributed by atoms with E-state index >= 15 is 0 Å². The van der Waals surface area contributed by atoms with Crippen LogP contribution in [0.3, 0.4) is 0 Å². The predicted octanol–water partition coefficient (Wildman–Crippen LogP) is 3.52. The molecule has 2 aromatic carbocycles. The summed E-state index contributed by atoms with van der Waals surface area (Å²) in [7, 11) is -4.28. The first-order valence-corrected chi connectivity index (χ1v) is 12.1. The van der Waals surface area contributed by atoms with Crippen LogP contribution in [0.25, 0.3) is 0 Å². The van der Waals surface area contributed by atoms with Crippen LogP contribution >= 0.6 is 0 Å². The highest BCUT2D eigenvalue weighted by Crippen LogP contribution is 2.25. The van der Waals surface area contributed by atoms with Crippen LogP contribution in [-0.4, -0.2) is 43.8 Å². The van der Waals surface area contributed by atoms with E-state index in [-0.39, 0.29) is 28.3 Å². The van der Waals surface area contributed by atoms with E-state index in [2.05, 4.69) is 10.2 Å². The van der Waals surface area contributed by atoms with Gasteiger partial charge in [-0.1, -0.05) is 6.07 Å². The largest absolute Gasteiger partial charge is 0.468 e. The molecule has 1 atom stereocenters. The van der Waals surface area contributed by atoms with Gasteiger partial charge < -0.3 is 13.9 Å². The zero-order valence-corrected chi connectivity index (χ0v) is 18.9. The van der Waals surface area contributed by atoms with Crippen molar-refractivity contribution < 1.29 is 26.7 Å². The summed E-state index contributed by atoms with van der Waals surface area (Å²) in [6, 6.07) is 13.8. The Morgan fingerprint density at radius 3 is 2.50 bits per heavy atom. The Hall–Kier alpha value is -3.70. The van der Waals surface area contributed by atoms with E-state index in [1.807, 2.05) is 12.1 Å². The van der Waals surface area contributed by atoms with Gasteiger partial charge in [-0.2, -0.15) is 8.42 Å². The van der Waals surface area contributed by atoms with Crippen molar-refractivity contribution in [2.75, 3.05) is 19.6 Å². The van der Waals surface area contributed by atoms with Crippen molar-refractivity contribution in [2.45, 2.75) is 23.8 Å². The van der Waals surface area contributed by atoms with Gasteiger partial charge in [0.25, 0.3) is 11.6 Å². The van der Waals surface area contributed by atoms with E-state index in [0.29, 0.717) is 12.1 Å². The lowest BCUT2D eigenvalue weighted by molar-refractivity contribution is -0.385. The van der Waals surface area contributed by atoms with Gasteiger partial charge in [0.2, 0.25) is 0 Å². The number of nitrogens with one attached hydrogen (secondary N) is 1. The third-order valence-electron chi connectivity index (χ3n) is 5.55. The van der Waals surface area contributed by atoms with Crippen molar-refractivity contribution in [3.63, 3.8) is 0 Å². The summed E-state index contributed by atoms with van der Waals surface area (Å²) in [5.41, 5.74) is -0.0295. The van der Waals surface area contributed by atoms with Gasteiger partial charge in [-0.25, -0.2) is 0 Å². The molecule has 0 saturated carbocycles. The van der Waals surface area contributed by atoms with Crippen molar-refractivity contribution in [3.05, 3.63) is 88.4 Å². The topological polar surface area (TPSA) is 132 Å². The van der Waals surface area contributed by atoms with Crippen LogP contribution in [0.4, 0.5) is 5.69 Å². The summed E-state index contributed by atoms with van der Waals surface area (Å²) < 4.78 is 35.6. The third-order valence-corrected chi connectivity index (χ3v) is 6.79. The van der Waals surface area contributed by atoms with Crippen molar-refractivity contribution in [2.24, 2.45) is 0 Å². The van der Waals surface area contributed by atoms with Crippen molar-refractivity contribution in [1.29, 1.82) is 0 Å². The highest BCUT2D eigenvalue weighted by atomic mass is 32.2. The number of non-ortho nitro benzene ring substituents is 1. The standard InChI is InChI=1S/C23H23N3O7S/c27-23(24-16-21(22-7-4-14-32-22)25-12-1-2-13-25)17-8-10-19(11-9-17)33-34(30,31)20-6-3-5-18(15-20)26(28)29/h3-11,14-15,21H,1-2,12-13,16H2,(H,24,27)/t21-/m0/s1. The summed E-state index contributed by atoms with van der Waals surface area (Å²) >= 11 is 0. The second kappa shape index (κ2) is 10.1. The first-order valence-electron chi connectivity index (χ1n) is 10.7. The Morgan fingerprint density at radius 1 is 1.12 bits per heavy atom. The molecular formula is C23H23N3O7S. The number of nitrogens with zero attached hydrogens (tertiary/aromatic N) is 2. The summed E-state index contributed by atoms with van der Waals surface area (Å²) in [5.74, 6) is 0.453. The molecule has 34 heavy (non-hydrogen) atoms. The van der Waals surface area contributed by atoms with E-state index in [1.165, 1.54) is 42.5 Å². The molecule has 0 bridgehead atoms. The fraction of sp³-hybridized carbons (Fsp3) is 0.261. The van der Waals surface area contributed by atoms with Gasteiger partial charge >= 0.3 is 10.1 Å². The molecule has 10 nitrogen and oxygen atoms in total. The molecule has 1 N–H and O–H groups in total. The monoisotopic (exact) mass is 485 g/mol. The minimum absolute atomic E-state index is 0.0198. The lowest BCUT2D eigenvalue weighted by Gasteiger charge is -2.26. The molecule has 178 valence electrons. The van der Waals surface area contributed by atoms with Crippen molar-refractivity contribution in [3.8, 4) is 5.75 Å². The van der Waals surface area contributed by atoms with E-state index in [9.17, 15) is 23.3 Å². The fourth-order valence-electron chi connectivity index (χ4n) is 3.82. The molecule has 2 heterocycles. The Kier molecular flexibility index (Phi) is 6.94. The number of hydrogen-bond donors (Lipinski definition) is 1. The van der Waals surface area contributed by atoms with E-state index in [4.69, 9.17) is 8.60 Å². The SMILES string of the molecule is O=C(NC[C@@H](c1ccco1)N1CCCC1)c1ccc(OS(=O)(=O)c2cccc([N+](=O)[O-])c2)cc1. The number of nitro groups is 1. The molecule has 1 fully saturated rings. The first-order chi connectivity index (χ1) is 16.3. The maximum absolute atomic E-state index is 12.7. The Labute approximate surface area is 196 Å². The number of rotatable bonds is 9. The quantitative estimate of drug-likeness (QED) is 0.277. The molecule has 0 aliphatic carbocycles. The number of amides is 1. The van der Waals surface area contributed by atoms with Gasteiger partial charge in [-0.05, 0) is 68.4 Å². The molecule has 11 heteroatoms. The molecule has 1 aromatic heterocycles. The highest BCUT2D eigenvalue weighted by molar-refractivity contribution is 7.87. The molecule has 0 spiro atoms. The van der Waals surface area contributed by atoms with Crippen LogP contribution in [0.1, 0.15) is 35.0 Å². The normalized spacial score (nSPS) is 15.1. The molecule has 1 amide bonds. The van der Waals surface area contributed by atoms with Gasteiger partial charge in [-0.15, -0.1) is 0 Å². The molecule has 1 aliphatic rings. The Balaban J connectivity index is 1.40. The molecular weight excluding hydrogens is 462 g/mol. The van der Waals surface area contributed by atoms with Gasteiger partial charge in [0, 0.05) is 24.2 Å². The number of hydrogen-bond acceptors (Lipinski definition) is 8. The first kappa shape index (κ1) is 23.5. The van der Waals surface area contributed by atoms with Crippen molar-refractivity contribution >= 4 is 21.7 Å². The second-order valence-corrected chi connectivity index (χ2v) is 9.35. The maximum atomic E-state index is 12.7. The lowest BCUT2D eigenvalue weighted by Crippen LogP contribution is -2.36. The van der Waals surface area contributed by atoms with Gasteiger partial charge in [0.15, 0.2) is 0 Å². The van der Waals surface area contributed by atoms with Gasteiger partial charge in [0.1, 0.15) is 16.4 Å². The van der Waals surface area contributed by atoms with Crippen molar-refractivity contribution in [1.82, 2.24) is 10.2 Å². The van der Waals surface area contributed by atoms with Crippen LogP contribution in [-0.2, 0) is 10.1 Å². The smallest absolute Gasteiger partial charge is 0.339 e. The molecule has 3 aromatic rings. The van der Waals surface area contributed by atoms with Gasteiger partial charge in [-0.3, -0.25) is 19.8 Å². The second-order valence-electron chi connectivity index (χ2n) is 7.80. The number of nitro benzene ring substituents is 1. The fourth-order valence-corrected chi connectivity index (χ4v) is 4.80. The van der Waals surface area contributed by atoms with Crippen LogP contribution in [0, 0.1) is 10.1 Å². The van der Waals surface area contributed by atoms with Crippen LogP contribution in [0.2, 0.25) is 0 Å². The third kappa shape index (κ3) is 5.43. The van der Waals surface area contributed by atoms with E-state index in [1.54, 1.807) is 6.26 Å². The van der Waals surface area contributed by atoms with E-state index < -0.39 is 15.0 Å². The molecule has 4 rings (SSSR count). The molecule has 1 aliphatic heterocycles. The summed E-state index contributed by atoms with van der Waals surface area (Å²) in [5, 5.41) is 13.8. The Bertz CT molecular complexity index is 1250. The number of benzene rings is 2. The lowest BCUT2D eigenvalue weighted by atomic mass is 10.1. The Morgan fingerprint density at radius 2 is 1.85 bits per heavy atom.